The third kappa shape index (κ3) is 3.03. The molecule has 3 rings (SSSR count). The summed E-state index contributed by atoms with van der Waals surface area (Å²) in [5, 5.41) is 9.56. The van der Waals surface area contributed by atoms with Crippen molar-refractivity contribution in [1.29, 1.82) is 0 Å². The maximum absolute atomic E-state index is 11.2. The highest BCUT2D eigenvalue weighted by molar-refractivity contribution is 6.31. The Morgan fingerprint density at radius 2 is 1.95 bits per heavy atom. The SMILES string of the molecule is O=C(O)c1cc(Cl)ccc1OCc1ccc2c(c1)CCC2. The molecule has 0 saturated carbocycles. The van der Waals surface area contributed by atoms with E-state index in [4.69, 9.17) is 16.3 Å². The summed E-state index contributed by atoms with van der Waals surface area (Å²) in [5.74, 6) is -0.700. The summed E-state index contributed by atoms with van der Waals surface area (Å²) in [5.41, 5.74) is 3.94. The number of fused-ring (bicyclic) bond motifs is 1. The van der Waals surface area contributed by atoms with Gasteiger partial charge < -0.3 is 9.84 Å². The van der Waals surface area contributed by atoms with Gasteiger partial charge in [0.25, 0.3) is 0 Å². The normalized spacial score (nSPS) is 13.0. The van der Waals surface area contributed by atoms with E-state index in [9.17, 15) is 9.90 Å². The molecular weight excluding hydrogens is 288 g/mol. The molecule has 0 radical (unpaired) electrons. The molecule has 0 aliphatic heterocycles. The van der Waals surface area contributed by atoms with Crippen LogP contribution >= 0.6 is 11.6 Å². The molecule has 0 amide bonds. The second-order valence-corrected chi connectivity index (χ2v) is 5.63. The molecule has 0 spiro atoms. The van der Waals surface area contributed by atoms with Crippen LogP contribution in [0.4, 0.5) is 0 Å². The van der Waals surface area contributed by atoms with Gasteiger partial charge in [-0.15, -0.1) is 0 Å². The van der Waals surface area contributed by atoms with Crippen molar-refractivity contribution in [2.75, 3.05) is 0 Å². The number of aromatic carboxylic acids is 1. The average Bonchev–Trinajstić information content (AvgIpc) is 2.93. The molecule has 0 heterocycles. The summed E-state index contributed by atoms with van der Waals surface area (Å²) < 4.78 is 5.66. The van der Waals surface area contributed by atoms with Crippen LogP contribution in [0.15, 0.2) is 36.4 Å². The van der Waals surface area contributed by atoms with Crippen LogP contribution in [-0.2, 0) is 19.4 Å². The smallest absolute Gasteiger partial charge is 0.339 e. The number of carboxylic acids is 1. The lowest BCUT2D eigenvalue weighted by Gasteiger charge is -2.10. The monoisotopic (exact) mass is 302 g/mol. The van der Waals surface area contributed by atoms with Gasteiger partial charge >= 0.3 is 5.97 Å². The minimum Gasteiger partial charge on any atom is -0.488 e. The van der Waals surface area contributed by atoms with Gasteiger partial charge in [0, 0.05) is 5.02 Å². The van der Waals surface area contributed by atoms with Crippen LogP contribution in [0.1, 0.15) is 33.5 Å². The third-order valence-corrected chi connectivity index (χ3v) is 3.96. The van der Waals surface area contributed by atoms with Crippen LogP contribution in [0.2, 0.25) is 5.02 Å². The Labute approximate surface area is 128 Å². The van der Waals surface area contributed by atoms with Crippen LogP contribution in [-0.4, -0.2) is 11.1 Å². The molecule has 0 fully saturated rings. The highest BCUT2D eigenvalue weighted by atomic mass is 35.5. The third-order valence-electron chi connectivity index (χ3n) is 3.73. The van der Waals surface area contributed by atoms with Crippen molar-refractivity contribution in [3.8, 4) is 5.75 Å². The summed E-state index contributed by atoms with van der Waals surface area (Å²) in [6, 6.07) is 11.0. The first-order chi connectivity index (χ1) is 10.1. The molecule has 3 nitrogen and oxygen atoms in total. The van der Waals surface area contributed by atoms with E-state index < -0.39 is 5.97 Å². The van der Waals surface area contributed by atoms with Gasteiger partial charge in [-0.3, -0.25) is 0 Å². The first kappa shape index (κ1) is 14.0. The van der Waals surface area contributed by atoms with E-state index in [0.29, 0.717) is 17.4 Å². The van der Waals surface area contributed by atoms with Gasteiger partial charge in [-0.2, -0.15) is 0 Å². The molecule has 2 aromatic carbocycles. The Kier molecular flexibility index (Phi) is 3.84. The van der Waals surface area contributed by atoms with Crippen LogP contribution in [0, 0.1) is 0 Å². The fourth-order valence-electron chi connectivity index (χ4n) is 2.67. The Bertz CT molecular complexity index is 694. The molecule has 21 heavy (non-hydrogen) atoms. The summed E-state index contributed by atoms with van der Waals surface area (Å²) in [4.78, 5) is 11.2. The van der Waals surface area contributed by atoms with Crippen molar-refractivity contribution in [3.63, 3.8) is 0 Å². The second-order valence-electron chi connectivity index (χ2n) is 5.19. The summed E-state index contributed by atoms with van der Waals surface area (Å²) in [7, 11) is 0. The van der Waals surface area contributed by atoms with Crippen LogP contribution in [0.3, 0.4) is 0 Å². The van der Waals surface area contributed by atoms with Crippen LogP contribution in [0.5, 0.6) is 5.75 Å². The van der Waals surface area contributed by atoms with Crippen molar-refractivity contribution in [2.45, 2.75) is 25.9 Å². The van der Waals surface area contributed by atoms with Crippen LogP contribution < -0.4 is 4.74 Å². The number of hydrogen-bond acceptors (Lipinski definition) is 2. The fourth-order valence-corrected chi connectivity index (χ4v) is 2.84. The summed E-state index contributed by atoms with van der Waals surface area (Å²) in [6.45, 7) is 0.356. The largest absolute Gasteiger partial charge is 0.488 e. The predicted molar refractivity (Wildman–Crippen MR) is 81.2 cm³/mol. The van der Waals surface area contributed by atoms with Crippen molar-refractivity contribution in [3.05, 3.63) is 63.7 Å². The fraction of sp³-hybridized carbons (Fsp3) is 0.235. The average molecular weight is 303 g/mol. The van der Waals surface area contributed by atoms with E-state index in [1.165, 1.54) is 23.6 Å². The number of carbonyl (C=O) groups is 1. The van der Waals surface area contributed by atoms with E-state index in [1.807, 2.05) is 6.07 Å². The Morgan fingerprint density at radius 1 is 1.14 bits per heavy atom. The summed E-state index contributed by atoms with van der Waals surface area (Å²) in [6.07, 6.45) is 3.47. The van der Waals surface area contributed by atoms with E-state index in [0.717, 1.165) is 18.4 Å². The van der Waals surface area contributed by atoms with E-state index in [-0.39, 0.29) is 5.56 Å². The quantitative estimate of drug-likeness (QED) is 0.924. The number of ether oxygens (including phenoxy) is 1. The van der Waals surface area contributed by atoms with Crippen molar-refractivity contribution in [1.82, 2.24) is 0 Å². The molecule has 108 valence electrons. The Morgan fingerprint density at radius 3 is 2.76 bits per heavy atom. The molecule has 0 atom stereocenters. The summed E-state index contributed by atoms with van der Waals surface area (Å²) >= 11 is 5.82. The molecule has 0 unspecified atom stereocenters. The lowest BCUT2D eigenvalue weighted by Crippen LogP contribution is -2.03. The zero-order valence-corrected chi connectivity index (χ0v) is 12.2. The van der Waals surface area contributed by atoms with Crippen molar-refractivity contribution >= 4 is 17.6 Å². The molecule has 1 aliphatic rings. The molecular formula is C17H15ClO3. The Hall–Kier alpha value is -2.00. The van der Waals surface area contributed by atoms with E-state index in [1.54, 1.807) is 12.1 Å². The first-order valence-corrected chi connectivity index (χ1v) is 7.27. The first-order valence-electron chi connectivity index (χ1n) is 6.90. The lowest BCUT2D eigenvalue weighted by molar-refractivity contribution is 0.0691. The number of carboxylic acid groups (broad SMARTS) is 1. The molecule has 2 aromatic rings. The van der Waals surface area contributed by atoms with E-state index in [2.05, 4.69) is 12.1 Å². The molecule has 1 N–H and O–H groups in total. The zero-order valence-electron chi connectivity index (χ0n) is 11.4. The number of hydrogen-bond donors (Lipinski definition) is 1. The number of aryl methyl sites for hydroxylation is 2. The highest BCUT2D eigenvalue weighted by Crippen LogP contribution is 2.26. The zero-order chi connectivity index (χ0) is 14.8. The van der Waals surface area contributed by atoms with Gasteiger partial charge in [0.2, 0.25) is 0 Å². The minimum atomic E-state index is -1.04. The number of halogens is 1. The second kappa shape index (κ2) is 5.78. The highest BCUT2D eigenvalue weighted by Gasteiger charge is 2.14. The van der Waals surface area contributed by atoms with Crippen LogP contribution in [0.25, 0.3) is 0 Å². The lowest BCUT2D eigenvalue weighted by atomic mass is 10.1. The molecule has 0 bridgehead atoms. The van der Waals surface area contributed by atoms with Gasteiger partial charge in [0.15, 0.2) is 0 Å². The predicted octanol–water partition coefficient (Wildman–Crippen LogP) is 4.11. The minimum absolute atomic E-state index is 0.0867. The molecule has 0 saturated heterocycles. The van der Waals surface area contributed by atoms with Gasteiger partial charge in [-0.05, 0) is 54.2 Å². The standard InChI is InChI=1S/C17H15ClO3/c18-14-6-7-16(15(9-14)17(19)20)21-10-11-4-5-12-2-1-3-13(12)8-11/h4-9H,1-3,10H2,(H,19,20). The number of benzene rings is 2. The van der Waals surface area contributed by atoms with Gasteiger partial charge in [-0.25, -0.2) is 4.79 Å². The van der Waals surface area contributed by atoms with E-state index >= 15 is 0 Å². The molecule has 1 aliphatic carbocycles. The maximum atomic E-state index is 11.2. The van der Waals surface area contributed by atoms with Crippen molar-refractivity contribution < 1.29 is 14.6 Å². The topological polar surface area (TPSA) is 46.5 Å². The Balaban J connectivity index is 1.77. The number of rotatable bonds is 4. The van der Waals surface area contributed by atoms with Gasteiger partial charge in [-0.1, -0.05) is 29.8 Å². The molecule has 0 aromatic heterocycles. The van der Waals surface area contributed by atoms with Gasteiger partial charge in [0.1, 0.15) is 17.9 Å². The molecule has 4 heteroatoms. The maximum Gasteiger partial charge on any atom is 0.339 e. The van der Waals surface area contributed by atoms with Crippen molar-refractivity contribution in [2.24, 2.45) is 0 Å². The van der Waals surface area contributed by atoms with Gasteiger partial charge in [0.05, 0.1) is 0 Å².